The number of hydrogen-bond donors (Lipinski definition) is 1. The summed E-state index contributed by atoms with van der Waals surface area (Å²) in [5.74, 6) is 1.33. The van der Waals surface area contributed by atoms with E-state index in [4.69, 9.17) is 19.6 Å². The van der Waals surface area contributed by atoms with Crippen LogP contribution >= 0.6 is 0 Å². The molecule has 0 heterocycles. The predicted molar refractivity (Wildman–Crippen MR) is 51.3 cm³/mol. The van der Waals surface area contributed by atoms with Crippen molar-refractivity contribution < 1.29 is 19.6 Å². The molecule has 0 saturated heterocycles. The summed E-state index contributed by atoms with van der Waals surface area (Å²) in [6.07, 6.45) is 0. The van der Waals surface area contributed by atoms with E-state index in [9.17, 15) is 0 Å². The van der Waals surface area contributed by atoms with Crippen molar-refractivity contribution in [1.82, 2.24) is 0 Å². The van der Waals surface area contributed by atoms with E-state index in [1.54, 1.807) is 24.3 Å². The second kappa shape index (κ2) is 6.23. The summed E-state index contributed by atoms with van der Waals surface area (Å²) in [6.45, 7) is 2.66. The Labute approximate surface area is 83.0 Å². The molecule has 1 aromatic rings. The highest BCUT2D eigenvalue weighted by Gasteiger charge is 1.96. The summed E-state index contributed by atoms with van der Waals surface area (Å²) in [6, 6.07) is 6.98. The minimum atomic E-state index is 0.0111. The molecule has 0 atom stereocenters. The van der Waals surface area contributed by atoms with E-state index in [1.807, 2.05) is 6.92 Å². The fourth-order valence-corrected chi connectivity index (χ4v) is 0.882. The molecule has 14 heavy (non-hydrogen) atoms. The van der Waals surface area contributed by atoms with Crippen molar-refractivity contribution in [2.24, 2.45) is 0 Å². The SMILES string of the molecule is CCOOc1ccc(OCCO)cc1. The molecule has 0 saturated carbocycles. The number of benzene rings is 1. The molecule has 0 amide bonds. The summed E-state index contributed by atoms with van der Waals surface area (Å²) >= 11 is 0. The topological polar surface area (TPSA) is 47.9 Å². The normalized spacial score (nSPS) is 9.86. The van der Waals surface area contributed by atoms with Crippen molar-refractivity contribution in [1.29, 1.82) is 0 Å². The zero-order valence-corrected chi connectivity index (χ0v) is 8.10. The average molecular weight is 198 g/mol. The highest BCUT2D eigenvalue weighted by atomic mass is 17.2. The first kappa shape index (κ1) is 10.8. The lowest BCUT2D eigenvalue weighted by Gasteiger charge is -2.05. The molecule has 78 valence electrons. The van der Waals surface area contributed by atoms with Gasteiger partial charge in [-0.25, -0.2) is 0 Å². The molecule has 1 rings (SSSR count). The average Bonchev–Trinajstić information content (AvgIpc) is 2.25. The number of aliphatic hydroxyl groups excluding tert-OH is 1. The Bertz CT molecular complexity index is 218. The van der Waals surface area contributed by atoms with Crippen LogP contribution in [0.4, 0.5) is 0 Å². The van der Waals surface area contributed by atoms with Gasteiger partial charge in [-0.1, -0.05) is 0 Å². The van der Waals surface area contributed by atoms with Crippen LogP contribution in [0.25, 0.3) is 0 Å². The Balaban J connectivity index is 2.42. The van der Waals surface area contributed by atoms with Crippen LogP contribution in [0.5, 0.6) is 11.5 Å². The van der Waals surface area contributed by atoms with E-state index >= 15 is 0 Å². The first-order valence-corrected chi connectivity index (χ1v) is 4.50. The summed E-state index contributed by atoms with van der Waals surface area (Å²) in [7, 11) is 0. The van der Waals surface area contributed by atoms with Crippen molar-refractivity contribution >= 4 is 0 Å². The molecule has 0 spiro atoms. The second-order valence-corrected chi connectivity index (χ2v) is 2.53. The lowest BCUT2D eigenvalue weighted by atomic mass is 10.3. The largest absolute Gasteiger partial charge is 0.491 e. The summed E-state index contributed by atoms with van der Waals surface area (Å²) in [4.78, 5) is 9.67. The second-order valence-electron chi connectivity index (χ2n) is 2.53. The molecule has 0 radical (unpaired) electrons. The van der Waals surface area contributed by atoms with E-state index in [0.717, 1.165) is 0 Å². The Morgan fingerprint density at radius 1 is 1.14 bits per heavy atom. The van der Waals surface area contributed by atoms with E-state index < -0.39 is 0 Å². The van der Waals surface area contributed by atoms with Gasteiger partial charge in [0.2, 0.25) is 0 Å². The number of hydrogen-bond acceptors (Lipinski definition) is 4. The fraction of sp³-hybridized carbons (Fsp3) is 0.400. The van der Waals surface area contributed by atoms with Gasteiger partial charge in [-0.2, -0.15) is 4.89 Å². The molecule has 0 fully saturated rings. The molecular formula is C10H14O4. The smallest absolute Gasteiger partial charge is 0.165 e. The van der Waals surface area contributed by atoms with Gasteiger partial charge in [0.15, 0.2) is 5.75 Å². The van der Waals surface area contributed by atoms with Gasteiger partial charge in [-0.15, -0.1) is 0 Å². The molecular weight excluding hydrogens is 184 g/mol. The highest BCUT2D eigenvalue weighted by molar-refractivity contribution is 5.30. The molecule has 4 nitrogen and oxygen atoms in total. The van der Waals surface area contributed by atoms with Crippen molar-refractivity contribution in [3.63, 3.8) is 0 Å². The molecule has 0 bridgehead atoms. The Kier molecular flexibility index (Phi) is 4.82. The van der Waals surface area contributed by atoms with Gasteiger partial charge < -0.3 is 14.7 Å². The lowest BCUT2D eigenvalue weighted by molar-refractivity contribution is -0.202. The van der Waals surface area contributed by atoms with Crippen LogP contribution in [0, 0.1) is 0 Å². The minimum absolute atomic E-state index is 0.0111. The van der Waals surface area contributed by atoms with Crippen LogP contribution in [-0.2, 0) is 4.89 Å². The zero-order chi connectivity index (χ0) is 10.2. The van der Waals surface area contributed by atoms with Gasteiger partial charge in [0.1, 0.15) is 12.4 Å². The van der Waals surface area contributed by atoms with Gasteiger partial charge in [-0.3, -0.25) is 0 Å². The molecule has 0 aromatic heterocycles. The number of aliphatic hydroxyl groups is 1. The first-order chi connectivity index (χ1) is 6.86. The Morgan fingerprint density at radius 2 is 1.79 bits per heavy atom. The number of rotatable bonds is 6. The summed E-state index contributed by atoms with van der Waals surface area (Å²) in [5, 5.41) is 8.53. The van der Waals surface area contributed by atoms with Crippen molar-refractivity contribution in [2.75, 3.05) is 19.8 Å². The quantitative estimate of drug-likeness (QED) is 0.554. The van der Waals surface area contributed by atoms with Gasteiger partial charge in [-0.05, 0) is 31.2 Å². The maximum absolute atomic E-state index is 8.53. The molecule has 4 heteroatoms. The van der Waals surface area contributed by atoms with Crippen LogP contribution in [0.3, 0.4) is 0 Å². The molecule has 1 aromatic carbocycles. The maximum atomic E-state index is 8.53. The van der Waals surface area contributed by atoms with Crippen LogP contribution in [-0.4, -0.2) is 24.9 Å². The van der Waals surface area contributed by atoms with Crippen molar-refractivity contribution in [3.05, 3.63) is 24.3 Å². The third-order valence-corrected chi connectivity index (χ3v) is 1.46. The predicted octanol–water partition coefficient (Wildman–Crippen LogP) is 1.39. The third-order valence-electron chi connectivity index (χ3n) is 1.46. The fourth-order valence-electron chi connectivity index (χ4n) is 0.882. The zero-order valence-electron chi connectivity index (χ0n) is 8.10. The van der Waals surface area contributed by atoms with E-state index in [0.29, 0.717) is 24.7 Å². The summed E-state index contributed by atoms with van der Waals surface area (Å²) < 4.78 is 5.17. The Morgan fingerprint density at radius 3 is 2.36 bits per heavy atom. The molecule has 0 aliphatic carbocycles. The van der Waals surface area contributed by atoms with Crippen LogP contribution < -0.4 is 9.62 Å². The van der Waals surface area contributed by atoms with Crippen LogP contribution in [0.2, 0.25) is 0 Å². The first-order valence-electron chi connectivity index (χ1n) is 4.50. The maximum Gasteiger partial charge on any atom is 0.165 e. The monoisotopic (exact) mass is 198 g/mol. The number of ether oxygens (including phenoxy) is 1. The van der Waals surface area contributed by atoms with Crippen LogP contribution in [0.1, 0.15) is 6.92 Å². The molecule has 1 N–H and O–H groups in total. The van der Waals surface area contributed by atoms with Crippen molar-refractivity contribution in [2.45, 2.75) is 6.92 Å². The third kappa shape index (κ3) is 3.64. The van der Waals surface area contributed by atoms with Crippen molar-refractivity contribution in [3.8, 4) is 11.5 Å². The van der Waals surface area contributed by atoms with E-state index in [2.05, 4.69) is 0 Å². The molecule has 0 aliphatic heterocycles. The highest BCUT2D eigenvalue weighted by Crippen LogP contribution is 2.17. The lowest BCUT2D eigenvalue weighted by Crippen LogP contribution is -2.01. The van der Waals surface area contributed by atoms with Crippen LogP contribution in [0.15, 0.2) is 24.3 Å². The van der Waals surface area contributed by atoms with Gasteiger partial charge in [0.25, 0.3) is 0 Å². The minimum Gasteiger partial charge on any atom is -0.491 e. The van der Waals surface area contributed by atoms with Gasteiger partial charge >= 0.3 is 0 Å². The van der Waals surface area contributed by atoms with Gasteiger partial charge in [0, 0.05) is 0 Å². The summed E-state index contributed by atoms with van der Waals surface area (Å²) in [5.41, 5.74) is 0. The molecule has 0 unspecified atom stereocenters. The van der Waals surface area contributed by atoms with E-state index in [-0.39, 0.29) is 6.61 Å². The standard InChI is InChI=1S/C10H14O4/c1-2-13-14-10-5-3-9(4-6-10)12-8-7-11/h3-6,11H,2,7-8H2,1H3. The Hall–Kier alpha value is -1.26. The van der Waals surface area contributed by atoms with Gasteiger partial charge in [0.05, 0.1) is 13.2 Å². The molecule has 0 aliphatic rings. The van der Waals surface area contributed by atoms with E-state index in [1.165, 1.54) is 0 Å².